The minimum Gasteiger partial charge on any atom is -0.479 e. The van der Waals surface area contributed by atoms with Gasteiger partial charge in [-0.1, -0.05) is 60.7 Å². The molecule has 4 rings (SSSR count). The van der Waals surface area contributed by atoms with Crippen molar-refractivity contribution in [2.75, 3.05) is 26.7 Å². The predicted octanol–water partition coefficient (Wildman–Crippen LogP) is -0.408. The zero-order chi connectivity index (χ0) is 34.9. The van der Waals surface area contributed by atoms with E-state index in [1.807, 2.05) is 60.7 Å². The van der Waals surface area contributed by atoms with E-state index in [0.29, 0.717) is 26.0 Å². The summed E-state index contributed by atoms with van der Waals surface area (Å²) in [7, 11) is 1.65. The Morgan fingerprint density at radius 2 is 1.51 bits per heavy atom. The summed E-state index contributed by atoms with van der Waals surface area (Å²) in [6, 6.07) is 18.4. The number of hydrazone groups is 1. The highest BCUT2D eigenvalue weighted by atomic mass is 16.5. The van der Waals surface area contributed by atoms with E-state index in [2.05, 4.69) is 10.4 Å². The van der Waals surface area contributed by atoms with Crippen molar-refractivity contribution in [2.45, 2.75) is 57.1 Å². The molecule has 254 valence electrons. The van der Waals surface area contributed by atoms with Crippen molar-refractivity contribution in [3.8, 4) is 0 Å². The molecule has 1 unspecified atom stereocenters. The van der Waals surface area contributed by atoms with Crippen LogP contribution >= 0.6 is 0 Å². The molecule has 1 saturated heterocycles. The number of carboxylic acid groups (broad SMARTS) is 2. The number of likely N-dealkylation sites (tertiary alicyclic amines) is 1. The van der Waals surface area contributed by atoms with Crippen LogP contribution in [0.5, 0.6) is 0 Å². The third-order valence-electron chi connectivity index (χ3n) is 7.66. The molecule has 0 saturated carbocycles. The number of fused-ring (bicyclic) bond motifs is 1. The molecule has 2 aliphatic heterocycles. The van der Waals surface area contributed by atoms with E-state index in [-0.39, 0.29) is 25.0 Å². The van der Waals surface area contributed by atoms with Gasteiger partial charge in [0.1, 0.15) is 11.5 Å². The van der Waals surface area contributed by atoms with Crippen LogP contribution in [0.1, 0.15) is 31.4 Å². The number of aliphatic hydroxyl groups excluding tert-OH is 2. The second-order valence-electron chi connectivity index (χ2n) is 11.9. The van der Waals surface area contributed by atoms with Gasteiger partial charge in [0.25, 0.3) is 5.91 Å². The number of aliphatic carboxylic acids is 2. The van der Waals surface area contributed by atoms with Gasteiger partial charge in [0.15, 0.2) is 12.2 Å². The zero-order valence-electron chi connectivity index (χ0n) is 26.4. The molecule has 2 aliphatic rings. The van der Waals surface area contributed by atoms with Gasteiger partial charge in [-0.3, -0.25) is 14.4 Å². The highest BCUT2D eigenvalue weighted by Gasteiger charge is 2.54. The van der Waals surface area contributed by atoms with Crippen LogP contribution in [-0.2, 0) is 41.7 Å². The molecule has 47 heavy (non-hydrogen) atoms. The number of hydrogen-bond acceptors (Lipinski definition) is 10. The summed E-state index contributed by atoms with van der Waals surface area (Å²) in [5.74, 6) is -4.43. The van der Waals surface area contributed by atoms with Crippen LogP contribution in [0, 0.1) is 5.41 Å². The Hall–Kier alpha value is -4.70. The molecule has 2 aromatic rings. The predicted molar refractivity (Wildman–Crippen MR) is 168 cm³/mol. The number of benzene rings is 2. The topological polar surface area (TPSA) is 232 Å². The summed E-state index contributed by atoms with van der Waals surface area (Å²) >= 11 is 0. The van der Waals surface area contributed by atoms with Crippen LogP contribution in [-0.4, -0.2) is 116 Å². The van der Waals surface area contributed by atoms with Gasteiger partial charge in [-0.15, -0.1) is 0 Å². The van der Waals surface area contributed by atoms with E-state index < -0.39 is 47.0 Å². The molecular weight excluding hydrogens is 614 g/mol. The first-order valence-corrected chi connectivity index (χ1v) is 14.8. The van der Waals surface area contributed by atoms with E-state index in [1.54, 1.807) is 25.8 Å². The first kappa shape index (κ1) is 36.8. The highest BCUT2D eigenvalue weighted by molar-refractivity contribution is 6.13. The van der Waals surface area contributed by atoms with E-state index >= 15 is 0 Å². The number of carbonyl (C=O) groups excluding carboxylic acids is 3. The lowest BCUT2D eigenvalue weighted by molar-refractivity contribution is -0.165. The summed E-state index contributed by atoms with van der Waals surface area (Å²) < 4.78 is 5.85. The minimum atomic E-state index is -2.27. The first-order chi connectivity index (χ1) is 22.1. The van der Waals surface area contributed by atoms with E-state index in [0.717, 1.165) is 16.8 Å². The molecule has 0 radical (unpaired) electrons. The molecule has 0 spiro atoms. The number of carbonyl (C=O) groups is 5. The molecule has 0 aromatic heterocycles. The maximum absolute atomic E-state index is 13.8. The second-order valence-corrected chi connectivity index (χ2v) is 11.9. The number of piperidine rings is 1. The average Bonchev–Trinajstić information content (AvgIpc) is 3.28. The Labute approximate surface area is 271 Å². The van der Waals surface area contributed by atoms with Crippen molar-refractivity contribution in [3.05, 3.63) is 71.8 Å². The van der Waals surface area contributed by atoms with Crippen LogP contribution in [0.15, 0.2) is 65.8 Å². The lowest BCUT2D eigenvalue weighted by Crippen LogP contribution is -2.61. The quantitative estimate of drug-likeness (QED) is 0.172. The number of aliphatic hydroxyl groups is 2. The van der Waals surface area contributed by atoms with Gasteiger partial charge in [-0.25, -0.2) is 14.6 Å². The summed E-state index contributed by atoms with van der Waals surface area (Å²) in [6.07, 6.45) is -3.62. The Morgan fingerprint density at radius 3 is 2.02 bits per heavy atom. The number of nitrogens with one attached hydrogen (secondary N) is 1. The van der Waals surface area contributed by atoms with Crippen molar-refractivity contribution in [1.29, 1.82) is 0 Å². The van der Waals surface area contributed by atoms with Crippen LogP contribution < -0.4 is 11.1 Å². The molecule has 15 nitrogen and oxygen atoms in total. The fourth-order valence-electron chi connectivity index (χ4n) is 5.09. The van der Waals surface area contributed by atoms with Crippen LogP contribution in [0.3, 0.4) is 0 Å². The number of amides is 3. The molecule has 7 N–H and O–H groups in total. The molecule has 2 aromatic carbocycles. The Bertz CT molecular complexity index is 1450. The summed E-state index contributed by atoms with van der Waals surface area (Å²) in [5, 5.41) is 41.2. The third kappa shape index (κ3) is 9.42. The number of ether oxygens (including phenoxy) is 1. The largest absolute Gasteiger partial charge is 0.479 e. The molecule has 15 heteroatoms. The minimum absolute atomic E-state index is 0.0213. The smallest absolute Gasteiger partial charge is 0.335 e. The molecule has 1 fully saturated rings. The third-order valence-corrected chi connectivity index (χ3v) is 7.66. The maximum atomic E-state index is 13.8. The lowest BCUT2D eigenvalue weighted by atomic mass is 9.73. The highest BCUT2D eigenvalue weighted by Crippen LogP contribution is 2.38. The molecule has 2 heterocycles. The van der Waals surface area contributed by atoms with Gasteiger partial charge in [0.05, 0.1) is 24.5 Å². The van der Waals surface area contributed by atoms with Crippen molar-refractivity contribution < 1.29 is 49.1 Å². The summed E-state index contributed by atoms with van der Waals surface area (Å²) in [5.41, 5.74) is 6.63. The van der Waals surface area contributed by atoms with Crippen LogP contribution in [0.25, 0.3) is 0 Å². The van der Waals surface area contributed by atoms with Gasteiger partial charge < -0.3 is 41.1 Å². The Balaban J connectivity index is 0.000000520. The van der Waals surface area contributed by atoms with Gasteiger partial charge in [-0.05, 0) is 31.4 Å². The zero-order valence-corrected chi connectivity index (χ0v) is 26.4. The molecule has 3 amide bonds. The summed E-state index contributed by atoms with van der Waals surface area (Å²) in [6.45, 7) is 4.02. The number of carboxylic acids is 2. The van der Waals surface area contributed by atoms with Crippen LogP contribution in [0.4, 0.5) is 0 Å². The summed E-state index contributed by atoms with van der Waals surface area (Å²) in [4.78, 5) is 61.1. The Kier molecular flexibility index (Phi) is 12.3. The van der Waals surface area contributed by atoms with Gasteiger partial charge in [0, 0.05) is 26.6 Å². The number of nitrogens with zero attached hydrogens (tertiary/aromatic N) is 3. The van der Waals surface area contributed by atoms with Crippen molar-refractivity contribution in [2.24, 2.45) is 16.3 Å². The van der Waals surface area contributed by atoms with Gasteiger partial charge in [0.2, 0.25) is 11.8 Å². The van der Waals surface area contributed by atoms with Gasteiger partial charge in [-0.2, -0.15) is 5.10 Å². The van der Waals surface area contributed by atoms with Crippen molar-refractivity contribution >= 4 is 35.4 Å². The van der Waals surface area contributed by atoms with Gasteiger partial charge >= 0.3 is 11.9 Å². The fraction of sp³-hybridized carbons (Fsp3) is 0.438. The maximum Gasteiger partial charge on any atom is 0.335 e. The fourth-order valence-corrected chi connectivity index (χ4v) is 5.09. The molecular formula is C32H41N5O10. The average molecular weight is 656 g/mol. The standard InChI is InChI=1S/C28H35N5O4.C4H6O6/c1-27(2,29)25(35)30-22(18-37-17-21-12-8-5-9-13-21)24(34)33-15-14-23-28(19-33,26(36)32(3)31-23)16-20-10-6-4-7-11-20;5-1(3(7)8)2(6)4(9)10/h4-13,22H,14-19,29H2,1-3H3,(H,30,35);1-2,5-6H,(H,7,8)(H,9,10)/t22?,28-;1-,2-/m11/s1. The molecule has 0 aliphatic carbocycles. The number of hydrogen-bond donors (Lipinski definition) is 6. The van der Waals surface area contributed by atoms with E-state index in [4.69, 9.17) is 30.9 Å². The Morgan fingerprint density at radius 1 is 0.979 bits per heavy atom. The van der Waals surface area contributed by atoms with E-state index in [9.17, 15) is 24.0 Å². The monoisotopic (exact) mass is 655 g/mol. The molecule has 4 atom stereocenters. The second kappa shape index (κ2) is 15.7. The number of rotatable bonds is 12. The number of nitrogens with two attached hydrogens (primary N) is 1. The van der Waals surface area contributed by atoms with E-state index in [1.165, 1.54) is 5.01 Å². The SMILES string of the molecule is CN1N=C2CCN(C(=O)C(COCc3ccccc3)NC(=O)C(C)(C)N)C[C@@]2(Cc2ccccc2)C1=O.O=C(O)[C@H](O)[C@@H](O)C(=O)O. The normalized spacial score (nSPS) is 19.4. The van der Waals surface area contributed by atoms with Crippen LogP contribution in [0.2, 0.25) is 0 Å². The lowest BCUT2D eigenvalue weighted by Gasteiger charge is -2.40. The first-order valence-electron chi connectivity index (χ1n) is 14.8. The van der Waals surface area contributed by atoms with Crippen molar-refractivity contribution in [1.82, 2.24) is 15.2 Å². The van der Waals surface area contributed by atoms with Crippen molar-refractivity contribution in [3.63, 3.8) is 0 Å². The molecule has 0 bridgehead atoms.